The third-order valence-electron chi connectivity index (χ3n) is 3.00. The second kappa shape index (κ2) is 6.14. The van der Waals surface area contributed by atoms with Gasteiger partial charge in [-0.25, -0.2) is 9.97 Å². The summed E-state index contributed by atoms with van der Waals surface area (Å²) in [6, 6.07) is 9.10. The molecule has 0 radical (unpaired) electrons. The number of carbonyl (C=O) groups is 1. The van der Waals surface area contributed by atoms with Crippen molar-refractivity contribution in [3.63, 3.8) is 0 Å². The first-order valence-corrected chi connectivity index (χ1v) is 6.25. The molecule has 1 N–H and O–H groups in total. The fourth-order valence-corrected chi connectivity index (χ4v) is 1.96. The molecule has 1 aromatic carbocycles. The van der Waals surface area contributed by atoms with Gasteiger partial charge in [-0.2, -0.15) is 0 Å². The Kier molecular flexibility index (Phi) is 4.30. The number of aromatic nitrogens is 2. The molecule has 1 aromatic heterocycles. The number of nitrogens with zero attached hydrogens (tertiary/aromatic N) is 2. The summed E-state index contributed by atoms with van der Waals surface area (Å²) < 4.78 is 5.14. The molecule has 0 fully saturated rings. The normalized spacial score (nSPS) is 11.9. The molecule has 1 heterocycles. The van der Waals surface area contributed by atoms with Crippen LogP contribution in [0.1, 0.15) is 23.0 Å². The summed E-state index contributed by atoms with van der Waals surface area (Å²) in [5.41, 5.74) is 1.63. The summed E-state index contributed by atoms with van der Waals surface area (Å²) >= 11 is 0. The molecular formula is C15H16N2O3. The molecule has 2 rings (SSSR count). The molecule has 0 aliphatic rings. The Morgan fingerprint density at radius 1 is 1.40 bits per heavy atom. The highest BCUT2D eigenvalue weighted by molar-refractivity contribution is 5.75. The van der Waals surface area contributed by atoms with Gasteiger partial charge >= 0.3 is 5.97 Å². The van der Waals surface area contributed by atoms with Gasteiger partial charge in [0.05, 0.1) is 7.11 Å². The van der Waals surface area contributed by atoms with Crippen LogP contribution in [0.4, 0.5) is 0 Å². The summed E-state index contributed by atoms with van der Waals surface area (Å²) in [5.74, 6) is -0.655. The summed E-state index contributed by atoms with van der Waals surface area (Å²) in [6.45, 7) is 1.82. The lowest BCUT2D eigenvalue weighted by molar-refractivity contribution is -0.139. The van der Waals surface area contributed by atoms with Crippen LogP contribution < -0.4 is 4.74 Å². The van der Waals surface area contributed by atoms with Gasteiger partial charge in [0.15, 0.2) is 0 Å². The zero-order chi connectivity index (χ0) is 14.5. The quantitative estimate of drug-likeness (QED) is 0.903. The third-order valence-corrected chi connectivity index (χ3v) is 3.00. The Balaban J connectivity index is 2.28. The second-order valence-electron chi connectivity index (χ2n) is 4.50. The van der Waals surface area contributed by atoms with Gasteiger partial charge in [0.25, 0.3) is 0 Å². The van der Waals surface area contributed by atoms with Crippen molar-refractivity contribution >= 4 is 5.97 Å². The fourth-order valence-electron chi connectivity index (χ4n) is 1.96. The van der Waals surface area contributed by atoms with Crippen molar-refractivity contribution in [3.05, 3.63) is 53.6 Å². The molecule has 20 heavy (non-hydrogen) atoms. The first-order valence-electron chi connectivity index (χ1n) is 6.25. The Labute approximate surface area is 117 Å². The molecule has 0 aliphatic heterocycles. The maximum atomic E-state index is 11.5. The number of benzene rings is 1. The van der Waals surface area contributed by atoms with Crippen LogP contribution in [-0.2, 0) is 11.2 Å². The van der Waals surface area contributed by atoms with E-state index in [0.717, 1.165) is 11.3 Å². The smallest absolute Gasteiger partial charge is 0.314 e. The topological polar surface area (TPSA) is 72.3 Å². The summed E-state index contributed by atoms with van der Waals surface area (Å²) in [6.07, 6.45) is 1.91. The van der Waals surface area contributed by atoms with Gasteiger partial charge in [0, 0.05) is 11.9 Å². The van der Waals surface area contributed by atoms with Crippen molar-refractivity contribution in [1.29, 1.82) is 0 Å². The molecule has 5 nitrogen and oxygen atoms in total. The van der Waals surface area contributed by atoms with Gasteiger partial charge in [0.1, 0.15) is 17.5 Å². The number of carboxylic acid groups (broad SMARTS) is 1. The number of carboxylic acids is 1. The van der Waals surface area contributed by atoms with E-state index < -0.39 is 11.9 Å². The van der Waals surface area contributed by atoms with Crippen molar-refractivity contribution in [3.8, 4) is 5.75 Å². The van der Waals surface area contributed by atoms with E-state index >= 15 is 0 Å². The van der Waals surface area contributed by atoms with Crippen LogP contribution >= 0.6 is 0 Å². The third kappa shape index (κ3) is 3.32. The number of hydrogen-bond acceptors (Lipinski definition) is 4. The van der Waals surface area contributed by atoms with Crippen LogP contribution in [0.15, 0.2) is 36.5 Å². The van der Waals surface area contributed by atoms with Gasteiger partial charge in [-0.1, -0.05) is 12.1 Å². The molecule has 5 heteroatoms. The highest BCUT2D eigenvalue weighted by Gasteiger charge is 2.23. The molecule has 104 valence electrons. The lowest BCUT2D eigenvalue weighted by Crippen LogP contribution is -2.17. The fraction of sp³-hybridized carbons (Fsp3) is 0.267. The van der Waals surface area contributed by atoms with E-state index in [1.54, 1.807) is 19.4 Å². The lowest BCUT2D eigenvalue weighted by atomic mass is 9.98. The average Bonchev–Trinajstić information content (AvgIpc) is 2.44. The minimum Gasteiger partial charge on any atom is -0.497 e. The van der Waals surface area contributed by atoms with Crippen LogP contribution in [0.5, 0.6) is 5.75 Å². The van der Waals surface area contributed by atoms with E-state index in [4.69, 9.17) is 4.74 Å². The first kappa shape index (κ1) is 14.0. The molecule has 2 aromatic rings. The highest BCUT2D eigenvalue weighted by Crippen LogP contribution is 2.21. The van der Waals surface area contributed by atoms with Crippen LogP contribution in [0.2, 0.25) is 0 Å². The molecule has 0 aliphatic carbocycles. The Bertz CT molecular complexity index is 614. The minimum absolute atomic E-state index is 0.329. The summed E-state index contributed by atoms with van der Waals surface area (Å²) in [4.78, 5) is 19.7. The average molecular weight is 272 g/mol. The van der Waals surface area contributed by atoms with Crippen LogP contribution in [0.25, 0.3) is 0 Å². The zero-order valence-electron chi connectivity index (χ0n) is 11.4. The standard InChI is InChI=1S/C15H16N2O3/c1-10-6-7-16-14(17-10)13(15(18)19)9-11-4-3-5-12(8-11)20-2/h3-8,13H,9H2,1-2H3,(H,18,19). The van der Waals surface area contributed by atoms with E-state index in [9.17, 15) is 9.90 Å². The van der Waals surface area contributed by atoms with Crippen molar-refractivity contribution in [2.24, 2.45) is 0 Å². The van der Waals surface area contributed by atoms with Crippen molar-refractivity contribution in [1.82, 2.24) is 9.97 Å². The van der Waals surface area contributed by atoms with E-state index in [1.807, 2.05) is 31.2 Å². The number of aryl methyl sites for hydroxylation is 1. The minimum atomic E-state index is -0.932. The Morgan fingerprint density at radius 3 is 2.85 bits per heavy atom. The summed E-state index contributed by atoms with van der Waals surface area (Å²) in [5, 5.41) is 9.39. The molecule has 0 bridgehead atoms. The van der Waals surface area contributed by atoms with Crippen LogP contribution in [0, 0.1) is 6.92 Å². The van der Waals surface area contributed by atoms with Gasteiger partial charge in [-0.05, 0) is 37.1 Å². The Hall–Kier alpha value is -2.43. The SMILES string of the molecule is COc1cccc(CC(C(=O)O)c2nccc(C)n2)c1. The van der Waals surface area contributed by atoms with E-state index in [2.05, 4.69) is 9.97 Å². The van der Waals surface area contributed by atoms with Crippen molar-refractivity contribution in [2.75, 3.05) is 7.11 Å². The largest absolute Gasteiger partial charge is 0.497 e. The number of ether oxygens (including phenoxy) is 1. The van der Waals surface area contributed by atoms with E-state index in [1.165, 1.54) is 0 Å². The predicted molar refractivity (Wildman–Crippen MR) is 73.8 cm³/mol. The molecule has 1 unspecified atom stereocenters. The lowest BCUT2D eigenvalue weighted by Gasteiger charge is -2.12. The number of hydrogen-bond donors (Lipinski definition) is 1. The maximum absolute atomic E-state index is 11.5. The van der Waals surface area contributed by atoms with E-state index in [0.29, 0.717) is 18.0 Å². The zero-order valence-corrected chi connectivity index (χ0v) is 11.4. The molecular weight excluding hydrogens is 256 g/mol. The molecule has 0 amide bonds. The number of rotatable bonds is 5. The molecule has 0 spiro atoms. The van der Waals surface area contributed by atoms with E-state index in [-0.39, 0.29) is 0 Å². The summed E-state index contributed by atoms with van der Waals surface area (Å²) in [7, 11) is 1.58. The van der Waals surface area contributed by atoms with Crippen molar-refractivity contribution < 1.29 is 14.6 Å². The molecule has 1 atom stereocenters. The van der Waals surface area contributed by atoms with Gasteiger partial charge in [-0.15, -0.1) is 0 Å². The maximum Gasteiger partial charge on any atom is 0.314 e. The number of methoxy groups -OCH3 is 1. The number of aliphatic carboxylic acids is 1. The first-order chi connectivity index (χ1) is 9.60. The molecule has 0 saturated carbocycles. The predicted octanol–water partition coefficient (Wildman–Crippen LogP) is 2.20. The molecule has 0 saturated heterocycles. The van der Waals surface area contributed by atoms with Crippen molar-refractivity contribution in [2.45, 2.75) is 19.3 Å². The van der Waals surface area contributed by atoms with Gasteiger partial charge in [0.2, 0.25) is 0 Å². The Morgan fingerprint density at radius 2 is 2.20 bits per heavy atom. The van der Waals surface area contributed by atoms with Crippen LogP contribution in [0.3, 0.4) is 0 Å². The van der Waals surface area contributed by atoms with Gasteiger partial charge < -0.3 is 9.84 Å². The highest BCUT2D eigenvalue weighted by atomic mass is 16.5. The van der Waals surface area contributed by atoms with Gasteiger partial charge in [-0.3, -0.25) is 4.79 Å². The second-order valence-corrected chi connectivity index (χ2v) is 4.50. The monoisotopic (exact) mass is 272 g/mol. The van der Waals surface area contributed by atoms with Crippen LogP contribution in [-0.4, -0.2) is 28.2 Å².